The highest BCUT2D eigenvalue weighted by Crippen LogP contribution is 2.26. The fourth-order valence-corrected chi connectivity index (χ4v) is 2.83. The molecule has 2 aromatic heterocycles. The molecule has 6 nitrogen and oxygen atoms in total. The summed E-state index contributed by atoms with van der Waals surface area (Å²) in [6.45, 7) is 3.98. The molecule has 0 bridgehead atoms. The minimum Gasteiger partial charge on any atom is -0.469 e. The second-order valence-electron chi connectivity index (χ2n) is 5.21. The van der Waals surface area contributed by atoms with Gasteiger partial charge in [-0.3, -0.25) is 4.79 Å². The number of rotatable bonds is 4. The molecule has 21 heavy (non-hydrogen) atoms. The Bertz CT molecular complexity index is 618. The van der Waals surface area contributed by atoms with Crippen LogP contribution in [0.1, 0.15) is 30.2 Å². The van der Waals surface area contributed by atoms with Gasteiger partial charge in [-0.05, 0) is 19.1 Å². The van der Waals surface area contributed by atoms with Crippen molar-refractivity contribution in [2.75, 3.05) is 13.7 Å². The number of amides is 1. The van der Waals surface area contributed by atoms with E-state index in [4.69, 9.17) is 9.15 Å². The lowest BCUT2D eigenvalue weighted by atomic mass is 10.1. The van der Waals surface area contributed by atoms with Crippen LogP contribution in [0.2, 0.25) is 0 Å². The maximum absolute atomic E-state index is 12.4. The summed E-state index contributed by atoms with van der Waals surface area (Å²) in [4.78, 5) is 18.7. The summed E-state index contributed by atoms with van der Waals surface area (Å²) < 4.78 is 12.6. The molecule has 0 spiro atoms. The molecule has 1 aliphatic heterocycles. The monoisotopic (exact) mass is 289 g/mol. The molecule has 3 rings (SSSR count). The van der Waals surface area contributed by atoms with Crippen LogP contribution in [-0.4, -0.2) is 34.0 Å². The first-order chi connectivity index (χ1) is 10.2. The van der Waals surface area contributed by atoms with Crippen LogP contribution in [0.4, 0.5) is 0 Å². The lowest BCUT2D eigenvalue weighted by Crippen LogP contribution is -2.42. The van der Waals surface area contributed by atoms with Gasteiger partial charge in [0.25, 0.3) is 0 Å². The van der Waals surface area contributed by atoms with Crippen molar-refractivity contribution in [2.45, 2.75) is 32.5 Å². The van der Waals surface area contributed by atoms with E-state index < -0.39 is 0 Å². The average Bonchev–Trinajstić information content (AvgIpc) is 3.10. The molecule has 0 N–H and O–H groups in total. The topological polar surface area (TPSA) is 60.5 Å². The second-order valence-corrected chi connectivity index (χ2v) is 5.21. The van der Waals surface area contributed by atoms with Crippen LogP contribution in [0.25, 0.3) is 0 Å². The van der Waals surface area contributed by atoms with E-state index in [2.05, 4.69) is 9.55 Å². The summed E-state index contributed by atoms with van der Waals surface area (Å²) >= 11 is 0. The molecule has 0 saturated heterocycles. The number of imidazole rings is 1. The second kappa shape index (κ2) is 5.73. The highest BCUT2D eigenvalue weighted by atomic mass is 16.5. The molecular formula is C15H19N3O3. The van der Waals surface area contributed by atoms with Crippen molar-refractivity contribution in [1.29, 1.82) is 0 Å². The van der Waals surface area contributed by atoms with E-state index >= 15 is 0 Å². The van der Waals surface area contributed by atoms with Gasteiger partial charge in [0, 0.05) is 20.2 Å². The molecule has 1 amide bonds. The highest BCUT2D eigenvalue weighted by Gasteiger charge is 2.30. The number of fused-ring (bicyclic) bond motifs is 1. The third-order valence-corrected chi connectivity index (χ3v) is 3.89. The van der Waals surface area contributed by atoms with Crippen molar-refractivity contribution >= 4 is 5.91 Å². The molecule has 0 aliphatic carbocycles. The van der Waals surface area contributed by atoms with Crippen molar-refractivity contribution in [3.63, 3.8) is 0 Å². The third-order valence-electron chi connectivity index (χ3n) is 3.89. The van der Waals surface area contributed by atoms with Gasteiger partial charge in [0.05, 0.1) is 37.2 Å². The van der Waals surface area contributed by atoms with Crippen LogP contribution in [0, 0.1) is 0 Å². The van der Waals surface area contributed by atoms with Crippen molar-refractivity contribution < 1.29 is 13.9 Å². The number of carbonyl (C=O) groups excluding carboxylic acids is 1. The van der Waals surface area contributed by atoms with E-state index in [1.165, 1.54) is 0 Å². The lowest BCUT2D eigenvalue weighted by Gasteiger charge is -2.34. The van der Waals surface area contributed by atoms with Crippen molar-refractivity contribution in [3.05, 3.63) is 41.9 Å². The summed E-state index contributed by atoms with van der Waals surface area (Å²) in [5, 5.41) is 0. The summed E-state index contributed by atoms with van der Waals surface area (Å²) in [5.41, 5.74) is 1.05. The Morgan fingerprint density at radius 3 is 3.10 bits per heavy atom. The van der Waals surface area contributed by atoms with Gasteiger partial charge in [0.15, 0.2) is 0 Å². The van der Waals surface area contributed by atoms with Gasteiger partial charge in [-0.1, -0.05) is 0 Å². The average molecular weight is 289 g/mol. The minimum absolute atomic E-state index is 0.0354. The Hall–Kier alpha value is -2.08. The van der Waals surface area contributed by atoms with Crippen molar-refractivity contribution in [3.8, 4) is 0 Å². The molecule has 112 valence electrons. The first-order valence-electron chi connectivity index (χ1n) is 7.05. The maximum Gasteiger partial charge on any atom is 0.230 e. The zero-order valence-electron chi connectivity index (χ0n) is 12.3. The Kier molecular flexibility index (Phi) is 3.79. The van der Waals surface area contributed by atoms with Gasteiger partial charge in [-0.25, -0.2) is 4.98 Å². The first kappa shape index (κ1) is 13.9. The van der Waals surface area contributed by atoms with Crippen LogP contribution in [0.3, 0.4) is 0 Å². The van der Waals surface area contributed by atoms with Gasteiger partial charge in [0.2, 0.25) is 5.91 Å². The number of nitrogens with zero attached hydrogens (tertiary/aromatic N) is 3. The number of ether oxygens (including phenoxy) is 1. The predicted molar refractivity (Wildman–Crippen MR) is 75.5 cm³/mol. The van der Waals surface area contributed by atoms with Gasteiger partial charge in [0.1, 0.15) is 11.6 Å². The fourth-order valence-electron chi connectivity index (χ4n) is 2.83. The van der Waals surface area contributed by atoms with E-state index in [1.807, 2.05) is 24.1 Å². The zero-order chi connectivity index (χ0) is 14.8. The summed E-state index contributed by atoms with van der Waals surface area (Å²) in [5.74, 6) is 1.68. The van der Waals surface area contributed by atoms with Gasteiger partial charge in [-0.15, -0.1) is 0 Å². The summed E-state index contributed by atoms with van der Waals surface area (Å²) in [7, 11) is 1.67. The first-order valence-corrected chi connectivity index (χ1v) is 7.05. The number of hydrogen-bond acceptors (Lipinski definition) is 4. The van der Waals surface area contributed by atoms with Crippen LogP contribution >= 0.6 is 0 Å². The van der Waals surface area contributed by atoms with Gasteiger partial charge < -0.3 is 18.6 Å². The molecule has 0 saturated carbocycles. The molecule has 0 unspecified atom stereocenters. The van der Waals surface area contributed by atoms with Gasteiger partial charge >= 0.3 is 0 Å². The molecule has 0 aromatic carbocycles. The predicted octanol–water partition coefficient (Wildman–Crippen LogP) is 1.77. The van der Waals surface area contributed by atoms with Crippen LogP contribution in [-0.2, 0) is 29.1 Å². The fraction of sp³-hybridized carbons (Fsp3) is 0.467. The van der Waals surface area contributed by atoms with Crippen LogP contribution in [0.5, 0.6) is 0 Å². The SMILES string of the molecule is COCc1cnc2n1CCN(C(=O)Cc1ccco1)[C@@H]2C. The Balaban J connectivity index is 1.76. The van der Waals surface area contributed by atoms with Gasteiger partial charge in [-0.2, -0.15) is 0 Å². The molecule has 1 atom stereocenters. The lowest BCUT2D eigenvalue weighted by molar-refractivity contribution is -0.134. The molecule has 0 fully saturated rings. The maximum atomic E-state index is 12.4. The molecule has 6 heteroatoms. The number of hydrogen-bond donors (Lipinski definition) is 0. The van der Waals surface area contributed by atoms with Crippen LogP contribution in [0.15, 0.2) is 29.0 Å². The number of aromatic nitrogens is 2. The third kappa shape index (κ3) is 2.58. The van der Waals surface area contributed by atoms with Crippen molar-refractivity contribution in [2.24, 2.45) is 0 Å². The van der Waals surface area contributed by atoms with E-state index in [9.17, 15) is 4.79 Å². The largest absolute Gasteiger partial charge is 0.469 e. The Morgan fingerprint density at radius 2 is 2.38 bits per heavy atom. The minimum atomic E-state index is -0.0354. The molecule has 1 aliphatic rings. The molecule has 2 aromatic rings. The molecule has 3 heterocycles. The standard InChI is InChI=1S/C15H19N3O3/c1-11-15-16-9-12(10-20-2)18(15)6-5-17(11)14(19)8-13-4-3-7-21-13/h3-4,7,9,11H,5-6,8,10H2,1-2H3/t11-/m1/s1. The summed E-state index contributed by atoms with van der Waals surface area (Å²) in [6, 6.07) is 3.59. The highest BCUT2D eigenvalue weighted by molar-refractivity contribution is 5.78. The molecule has 0 radical (unpaired) electrons. The van der Waals surface area contributed by atoms with E-state index in [1.54, 1.807) is 19.4 Å². The Labute approximate surface area is 123 Å². The summed E-state index contributed by atoms with van der Waals surface area (Å²) in [6.07, 6.45) is 3.71. The zero-order valence-corrected chi connectivity index (χ0v) is 12.3. The van der Waals surface area contributed by atoms with E-state index in [0.29, 0.717) is 25.3 Å². The van der Waals surface area contributed by atoms with E-state index in [-0.39, 0.29) is 11.9 Å². The normalized spacial score (nSPS) is 17.8. The van der Waals surface area contributed by atoms with E-state index in [0.717, 1.165) is 18.1 Å². The van der Waals surface area contributed by atoms with Crippen molar-refractivity contribution in [1.82, 2.24) is 14.5 Å². The van der Waals surface area contributed by atoms with Crippen LogP contribution < -0.4 is 0 Å². The smallest absolute Gasteiger partial charge is 0.230 e. The number of carbonyl (C=O) groups is 1. The number of methoxy groups -OCH3 is 1. The number of furan rings is 1. The molecular weight excluding hydrogens is 270 g/mol. The quantitative estimate of drug-likeness (QED) is 0.860. The Morgan fingerprint density at radius 1 is 1.52 bits per heavy atom.